The van der Waals surface area contributed by atoms with Gasteiger partial charge in [0.2, 0.25) is 11.8 Å². The zero-order valence-corrected chi connectivity index (χ0v) is 22.4. The van der Waals surface area contributed by atoms with Crippen molar-refractivity contribution in [3.05, 3.63) is 59.9 Å². The third-order valence-corrected chi connectivity index (χ3v) is 8.84. The van der Waals surface area contributed by atoms with E-state index in [1.54, 1.807) is 6.92 Å². The van der Waals surface area contributed by atoms with E-state index in [9.17, 15) is 9.59 Å². The van der Waals surface area contributed by atoms with Gasteiger partial charge in [0, 0.05) is 69.7 Å². The number of hydrogen-bond acceptors (Lipinski definition) is 4. The Kier molecular flexibility index (Phi) is 8.55. The summed E-state index contributed by atoms with van der Waals surface area (Å²) in [7, 11) is 0. The van der Waals surface area contributed by atoms with Crippen LogP contribution in [0.1, 0.15) is 82.3 Å². The fraction of sp³-hybridized carbons (Fsp3) is 0.581. The Labute approximate surface area is 222 Å². The summed E-state index contributed by atoms with van der Waals surface area (Å²) < 4.78 is 0. The van der Waals surface area contributed by atoms with Crippen molar-refractivity contribution in [2.24, 2.45) is 5.92 Å². The highest BCUT2D eigenvalue weighted by Crippen LogP contribution is 2.33. The Morgan fingerprint density at radius 2 is 1.76 bits per heavy atom. The normalized spacial score (nSPS) is 23.4. The van der Waals surface area contributed by atoms with Crippen molar-refractivity contribution < 1.29 is 9.59 Å². The molecule has 2 atom stereocenters. The standard InChI is InChI=1S/C31H42N4O2/c1-24(36)34-19-17-28-14-15-29(35(28)21-26-10-7-18-32-20-26)23-33(22-27-11-5-6-12-30(27)34)31(37)16-13-25-8-3-2-4-9-25/h5-7,10-12,18,20,25,28-29H,2-4,8-9,13-17,19,21-23H2,1H3. The highest BCUT2D eigenvalue weighted by atomic mass is 16.2. The predicted molar refractivity (Wildman–Crippen MR) is 147 cm³/mol. The third-order valence-electron chi connectivity index (χ3n) is 8.84. The Bertz CT molecular complexity index is 1050. The van der Waals surface area contributed by atoms with Gasteiger partial charge in [-0.05, 0) is 54.9 Å². The van der Waals surface area contributed by atoms with Gasteiger partial charge in [-0.1, -0.05) is 56.4 Å². The minimum atomic E-state index is 0.0650. The van der Waals surface area contributed by atoms with Gasteiger partial charge >= 0.3 is 0 Å². The fourth-order valence-electron chi connectivity index (χ4n) is 6.79. The average molecular weight is 503 g/mol. The topological polar surface area (TPSA) is 56.8 Å². The number of carbonyl (C=O) groups excluding carboxylic acids is 2. The van der Waals surface area contributed by atoms with E-state index in [0.29, 0.717) is 37.5 Å². The molecule has 1 aromatic heterocycles. The number of nitrogens with zero attached hydrogens (tertiary/aromatic N) is 4. The van der Waals surface area contributed by atoms with E-state index in [1.807, 2.05) is 41.6 Å². The Morgan fingerprint density at radius 1 is 0.946 bits per heavy atom. The van der Waals surface area contributed by atoms with Crippen LogP contribution in [0.2, 0.25) is 0 Å². The van der Waals surface area contributed by atoms with Gasteiger partial charge in [-0.2, -0.15) is 0 Å². The van der Waals surface area contributed by atoms with Crippen molar-refractivity contribution in [3.63, 3.8) is 0 Å². The largest absolute Gasteiger partial charge is 0.337 e. The van der Waals surface area contributed by atoms with Crippen LogP contribution in [-0.2, 0) is 22.7 Å². The molecule has 1 aliphatic carbocycles. The smallest absolute Gasteiger partial charge is 0.223 e. The van der Waals surface area contributed by atoms with E-state index < -0.39 is 0 Å². The lowest BCUT2D eigenvalue weighted by Gasteiger charge is -2.34. The molecular formula is C31H42N4O2. The second-order valence-electron chi connectivity index (χ2n) is 11.3. The number of anilines is 1. The van der Waals surface area contributed by atoms with Crippen molar-refractivity contribution in [1.82, 2.24) is 14.8 Å². The maximum absolute atomic E-state index is 13.8. The van der Waals surface area contributed by atoms with Crippen LogP contribution in [0, 0.1) is 5.92 Å². The first-order chi connectivity index (χ1) is 18.1. The van der Waals surface area contributed by atoms with Gasteiger partial charge in [-0.3, -0.25) is 19.5 Å². The van der Waals surface area contributed by atoms with Crippen molar-refractivity contribution >= 4 is 17.5 Å². The number of pyridine rings is 1. The van der Waals surface area contributed by atoms with Crippen LogP contribution >= 0.6 is 0 Å². The number of fused-ring (bicyclic) bond motifs is 3. The highest BCUT2D eigenvalue weighted by Gasteiger charge is 2.36. The second kappa shape index (κ2) is 12.2. The van der Waals surface area contributed by atoms with E-state index in [0.717, 1.165) is 50.0 Å². The van der Waals surface area contributed by atoms with E-state index in [4.69, 9.17) is 0 Å². The van der Waals surface area contributed by atoms with Crippen molar-refractivity contribution in [2.75, 3.05) is 18.0 Å². The number of hydrogen-bond donors (Lipinski definition) is 0. The zero-order valence-electron chi connectivity index (χ0n) is 22.4. The Balaban J connectivity index is 1.42. The van der Waals surface area contributed by atoms with Crippen LogP contribution in [0.4, 0.5) is 5.69 Å². The maximum atomic E-state index is 13.8. The molecule has 2 fully saturated rings. The van der Waals surface area contributed by atoms with Crippen LogP contribution in [-0.4, -0.2) is 51.8 Å². The molecule has 2 aromatic rings. The summed E-state index contributed by atoms with van der Waals surface area (Å²) in [5.41, 5.74) is 3.23. The third kappa shape index (κ3) is 6.40. The van der Waals surface area contributed by atoms with Crippen LogP contribution in [0.15, 0.2) is 48.8 Å². The van der Waals surface area contributed by atoms with E-state index in [1.165, 1.54) is 37.7 Å². The molecule has 0 radical (unpaired) electrons. The molecule has 3 heterocycles. The molecule has 2 bridgehead atoms. The van der Waals surface area contributed by atoms with Gasteiger partial charge in [0.1, 0.15) is 0 Å². The zero-order chi connectivity index (χ0) is 25.6. The minimum absolute atomic E-state index is 0.0650. The lowest BCUT2D eigenvalue weighted by atomic mass is 9.86. The highest BCUT2D eigenvalue weighted by molar-refractivity contribution is 5.92. The van der Waals surface area contributed by atoms with Crippen LogP contribution in [0.25, 0.3) is 0 Å². The van der Waals surface area contributed by atoms with Gasteiger partial charge in [0.05, 0.1) is 0 Å². The molecule has 37 heavy (non-hydrogen) atoms. The Morgan fingerprint density at radius 3 is 2.54 bits per heavy atom. The monoisotopic (exact) mass is 502 g/mol. The minimum Gasteiger partial charge on any atom is -0.337 e. The number of rotatable bonds is 5. The summed E-state index contributed by atoms with van der Waals surface area (Å²) in [5, 5.41) is 0. The SMILES string of the molecule is CC(=O)N1CCC2CCC(CN(C(=O)CCC3CCCCC3)Cc3ccccc31)N2Cc1cccnc1. The first-order valence-corrected chi connectivity index (χ1v) is 14.4. The first kappa shape index (κ1) is 25.9. The molecule has 2 unspecified atom stereocenters. The van der Waals surface area contributed by atoms with Gasteiger partial charge in [0.25, 0.3) is 0 Å². The van der Waals surface area contributed by atoms with Crippen molar-refractivity contribution in [3.8, 4) is 0 Å². The molecule has 0 spiro atoms. The van der Waals surface area contributed by atoms with Crippen LogP contribution in [0.5, 0.6) is 0 Å². The van der Waals surface area contributed by atoms with Gasteiger partial charge < -0.3 is 9.80 Å². The lowest BCUT2D eigenvalue weighted by molar-refractivity contribution is -0.133. The molecule has 3 aliphatic rings. The molecule has 1 saturated carbocycles. The van der Waals surface area contributed by atoms with Crippen molar-refractivity contribution in [2.45, 2.75) is 96.3 Å². The molecule has 6 heteroatoms. The molecular weight excluding hydrogens is 460 g/mol. The second-order valence-corrected chi connectivity index (χ2v) is 11.3. The molecule has 1 aromatic carbocycles. The fourth-order valence-corrected chi connectivity index (χ4v) is 6.79. The van der Waals surface area contributed by atoms with E-state index in [-0.39, 0.29) is 11.8 Å². The van der Waals surface area contributed by atoms with E-state index >= 15 is 0 Å². The molecule has 5 rings (SSSR count). The molecule has 198 valence electrons. The lowest BCUT2D eigenvalue weighted by Crippen LogP contribution is -2.45. The molecule has 1 saturated heterocycles. The van der Waals surface area contributed by atoms with Crippen LogP contribution < -0.4 is 4.90 Å². The van der Waals surface area contributed by atoms with Crippen LogP contribution in [0.3, 0.4) is 0 Å². The summed E-state index contributed by atoms with van der Waals surface area (Å²) in [4.78, 5) is 37.5. The number of amides is 2. The number of aromatic nitrogens is 1. The maximum Gasteiger partial charge on any atom is 0.223 e. The number of carbonyl (C=O) groups is 2. The molecule has 2 aliphatic heterocycles. The number of para-hydroxylation sites is 1. The molecule has 2 amide bonds. The van der Waals surface area contributed by atoms with Crippen molar-refractivity contribution in [1.29, 1.82) is 0 Å². The first-order valence-electron chi connectivity index (χ1n) is 14.4. The average Bonchev–Trinajstić information content (AvgIpc) is 3.28. The van der Waals surface area contributed by atoms with Gasteiger partial charge in [-0.25, -0.2) is 0 Å². The van der Waals surface area contributed by atoms with E-state index in [2.05, 4.69) is 26.9 Å². The molecule has 6 nitrogen and oxygen atoms in total. The quantitative estimate of drug-likeness (QED) is 0.537. The molecule has 0 N–H and O–H groups in total. The summed E-state index contributed by atoms with van der Waals surface area (Å²) in [6.07, 6.45) is 15.0. The predicted octanol–water partition coefficient (Wildman–Crippen LogP) is 5.56. The summed E-state index contributed by atoms with van der Waals surface area (Å²) in [6, 6.07) is 13.0. The van der Waals surface area contributed by atoms with Gasteiger partial charge in [-0.15, -0.1) is 0 Å². The number of benzene rings is 1. The summed E-state index contributed by atoms with van der Waals surface area (Å²) in [5.74, 6) is 1.02. The Hall–Kier alpha value is -2.73. The summed E-state index contributed by atoms with van der Waals surface area (Å²) >= 11 is 0. The van der Waals surface area contributed by atoms with Gasteiger partial charge in [0.15, 0.2) is 0 Å². The summed E-state index contributed by atoms with van der Waals surface area (Å²) in [6.45, 7) is 4.50.